The van der Waals surface area contributed by atoms with Crippen molar-refractivity contribution < 1.29 is 35.9 Å². The molecule has 0 aliphatic carbocycles. The van der Waals surface area contributed by atoms with E-state index < -0.39 is 27.6 Å². The molecule has 3 heterocycles. The number of hydrogen-bond acceptors (Lipinski definition) is 10. The van der Waals surface area contributed by atoms with E-state index in [-0.39, 0.29) is 23.7 Å². The summed E-state index contributed by atoms with van der Waals surface area (Å²) < 4.78 is 77.0. The fourth-order valence-corrected chi connectivity index (χ4v) is 6.72. The Morgan fingerprint density at radius 3 is 2.59 bits per heavy atom. The van der Waals surface area contributed by atoms with Gasteiger partial charge in [-0.15, -0.1) is 11.3 Å². The number of carbonyl (C=O) groups is 1. The van der Waals surface area contributed by atoms with Gasteiger partial charge in [0.05, 0.1) is 16.9 Å². The summed E-state index contributed by atoms with van der Waals surface area (Å²) in [6.07, 6.45) is -2.05. The van der Waals surface area contributed by atoms with Crippen LogP contribution in [0.1, 0.15) is 39.2 Å². The molecule has 0 spiro atoms. The maximum atomic E-state index is 12.9. The number of benzene rings is 2. The van der Waals surface area contributed by atoms with E-state index in [0.717, 1.165) is 12.8 Å². The van der Waals surface area contributed by atoms with Gasteiger partial charge in [-0.25, -0.2) is 28.2 Å². The molecule has 246 valence electrons. The molecule has 16 heteroatoms. The van der Waals surface area contributed by atoms with Crippen LogP contribution in [0.2, 0.25) is 0 Å². The van der Waals surface area contributed by atoms with Gasteiger partial charge in [0.1, 0.15) is 16.2 Å². The summed E-state index contributed by atoms with van der Waals surface area (Å²) in [6.45, 7) is 8.18. The highest BCUT2D eigenvalue weighted by molar-refractivity contribution is 7.92. The molecule has 0 unspecified atom stereocenters. The molecule has 0 radical (unpaired) electrons. The van der Waals surface area contributed by atoms with E-state index >= 15 is 0 Å². The predicted octanol–water partition coefficient (Wildman–Crippen LogP) is 6.97. The largest absolute Gasteiger partial charge is 0.444 e. The average molecular weight is 679 g/mol. The molecule has 1 fully saturated rings. The van der Waals surface area contributed by atoms with Crippen LogP contribution in [0.15, 0.2) is 48.1 Å². The van der Waals surface area contributed by atoms with Crippen LogP contribution in [0.5, 0.6) is 11.6 Å². The van der Waals surface area contributed by atoms with Crippen molar-refractivity contribution in [3.8, 4) is 22.2 Å². The van der Waals surface area contributed by atoms with Crippen LogP contribution < -0.4 is 14.8 Å². The first-order valence-electron chi connectivity index (χ1n) is 14.4. The first-order chi connectivity index (χ1) is 21.6. The highest BCUT2D eigenvalue weighted by Crippen LogP contribution is 2.41. The van der Waals surface area contributed by atoms with E-state index in [1.165, 1.54) is 17.4 Å². The lowest BCUT2D eigenvalue weighted by Crippen LogP contribution is -2.47. The third-order valence-electron chi connectivity index (χ3n) is 6.83. The molecule has 1 amide bonds. The number of ether oxygens (including phenoxy) is 2. The van der Waals surface area contributed by atoms with Crippen LogP contribution in [0.25, 0.3) is 21.3 Å². The Kier molecular flexibility index (Phi) is 9.31. The summed E-state index contributed by atoms with van der Waals surface area (Å²) in [4.78, 5) is 28.3. The third kappa shape index (κ3) is 8.34. The molecule has 1 aliphatic rings. The van der Waals surface area contributed by atoms with Gasteiger partial charge in [-0.2, -0.15) is 13.2 Å². The number of likely N-dealkylation sites (tertiary alicyclic amines) is 1. The maximum Gasteiger partial charge on any atom is 0.410 e. The Labute approximate surface area is 268 Å². The molecule has 0 saturated carbocycles. The van der Waals surface area contributed by atoms with Crippen LogP contribution in [0, 0.1) is 6.92 Å². The molecular formula is C30H33F3N6O5S2. The smallest absolute Gasteiger partial charge is 0.410 e. The topological polar surface area (TPSA) is 136 Å². The first-order valence-corrected chi connectivity index (χ1v) is 16.9. The molecule has 2 aromatic heterocycles. The number of hydrogen-bond donors (Lipinski definition) is 2. The number of halogens is 3. The molecule has 0 bridgehead atoms. The van der Waals surface area contributed by atoms with Gasteiger partial charge >= 0.3 is 12.3 Å². The van der Waals surface area contributed by atoms with E-state index in [4.69, 9.17) is 9.47 Å². The van der Waals surface area contributed by atoms with Gasteiger partial charge in [0.25, 0.3) is 0 Å². The minimum absolute atomic E-state index is 0.00247. The van der Waals surface area contributed by atoms with Crippen molar-refractivity contribution in [2.75, 3.05) is 28.9 Å². The average Bonchev–Trinajstić information content (AvgIpc) is 3.41. The van der Waals surface area contributed by atoms with E-state index in [9.17, 15) is 26.4 Å². The lowest BCUT2D eigenvalue weighted by Gasteiger charge is -2.34. The second-order valence-corrected chi connectivity index (χ2v) is 14.4. The van der Waals surface area contributed by atoms with Crippen molar-refractivity contribution >= 4 is 49.9 Å². The first kappa shape index (κ1) is 33.2. The minimum atomic E-state index is -4.89. The van der Waals surface area contributed by atoms with Gasteiger partial charge < -0.3 is 19.7 Å². The standard InChI is InChI=1S/C30H33F3N6O5S2/c1-18-14-23(38-46(41,42)16-30(31,32)33)20-9-5-6-10-21(20)24(18)43-26-25(45-17-35-26)22-11-12-34-27(37-22)36-19-8-7-13-39(15-19)28(40)44-29(2,3)4/h5-6,9-12,14,17,19,38H,7-8,13,15-16H2,1-4H3,(H,34,36,37)/t19-/m0/s1. The molecule has 1 atom stereocenters. The van der Waals surface area contributed by atoms with E-state index in [0.29, 0.717) is 51.7 Å². The zero-order chi connectivity index (χ0) is 33.3. The van der Waals surface area contributed by atoms with Gasteiger partial charge in [0.15, 0.2) is 5.75 Å². The van der Waals surface area contributed by atoms with Crippen LogP contribution in [-0.2, 0) is 14.8 Å². The maximum absolute atomic E-state index is 12.9. The molecule has 1 aliphatic heterocycles. The minimum Gasteiger partial charge on any atom is -0.444 e. The van der Waals surface area contributed by atoms with Crippen molar-refractivity contribution in [2.24, 2.45) is 0 Å². The Hall–Kier alpha value is -4.18. The number of aromatic nitrogens is 3. The lowest BCUT2D eigenvalue weighted by atomic mass is 10.0. The number of carbonyl (C=O) groups excluding carboxylic acids is 1. The molecule has 2 aromatic carbocycles. The highest BCUT2D eigenvalue weighted by Gasteiger charge is 2.35. The number of anilines is 2. The van der Waals surface area contributed by atoms with Crippen LogP contribution >= 0.6 is 11.3 Å². The van der Waals surface area contributed by atoms with E-state index in [1.807, 2.05) is 20.8 Å². The predicted molar refractivity (Wildman–Crippen MR) is 170 cm³/mol. The zero-order valence-corrected chi connectivity index (χ0v) is 27.1. The molecule has 4 aromatic rings. The number of aryl methyl sites for hydroxylation is 1. The summed E-state index contributed by atoms with van der Waals surface area (Å²) in [5, 5.41) is 4.15. The Bertz CT molecular complexity index is 1840. The normalized spacial score (nSPS) is 15.9. The molecular weight excluding hydrogens is 645 g/mol. The number of nitrogens with one attached hydrogen (secondary N) is 2. The highest BCUT2D eigenvalue weighted by atomic mass is 32.2. The van der Waals surface area contributed by atoms with E-state index in [1.54, 1.807) is 53.9 Å². The van der Waals surface area contributed by atoms with Crippen molar-refractivity contribution in [1.29, 1.82) is 0 Å². The number of thiazole rings is 1. The summed E-state index contributed by atoms with van der Waals surface area (Å²) in [7, 11) is -4.71. The fraction of sp³-hybridized carbons (Fsp3) is 0.400. The second kappa shape index (κ2) is 12.9. The Balaban J connectivity index is 1.37. The number of amides is 1. The van der Waals surface area contributed by atoms with E-state index in [2.05, 4.69) is 25.0 Å². The number of nitrogens with zero attached hydrogens (tertiary/aromatic N) is 4. The number of rotatable bonds is 8. The Morgan fingerprint density at radius 2 is 1.87 bits per heavy atom. The summed E-state index contributed by atoms with van der Waals surface area (Å²) >= 11 is 1.29. The number of piperidine rings is 1. The Morgan fingerprint density at radius 1 is 1.13 bits per heavy atom. The molecule has 1 saturated heterocycles. The molecule has 46 heavy (non-hydrogen) atoms. The van der Waals surface area contributed by atoms with Crippen LogP contribution in [-0.4, -0.2) is 71.0 Å². The quantitative estimate of drug-likeness (QED) is 0.203. The van der Waals surface area contributed by atoms with Crippen molar-refractivity contribution in [3.63, 3.8) is 0 Å². The van der Waals surface area contributed by atoms with Crippen molar-refractivity contribution in [1.82, 2.24) is 19.9 Å². The molecule has 5 rings (SSSR count). The summed E-state index contributed by atoms with van der Waals surface area (Å²) in [5.74, 6) is -1.04. The second-order valence-electron chi connectivity index (χ2n) is 11.9. The molecule has 2 N–H and O–H groups in total. The summed E-state index contributed by atoms with van der Waals surface area (Å²) in [5.41, 5.74) is 2.01. The van der Waals surface area contributed by atoms with Crippen molar-refractivity contribution in [3.05, 3.63) is 53.7 Å². The van der Waals surface area contributed by atoms with Gasteiger partial charge in [-0.05, 0) is 58.2 Å². The fourth-order valence-electron chi connectivity index (χ4n) is 5.03. The van der Waals surface area contributed by atoms with Gasteiger partial charge in [-0.3, -0.25) is 4.72 Å². The third-order valence-corrected chi connectivity index (χ3v) is 8.90. The van der Waals surface area contributed by atoms with Crippen LogP contribution in [0.4, 0.5) is 29.6 Å². The van der Waals surface area contributed by atoms with Gasteiger partial charge in [-0.1, -0.05) is 24.3 Å². The van der Waals surface area contributed by atoms with Crippen LogP contribution in [0.3, 0.4) is 0 Å². The van der Waals surface area contributed by atoms with Crippen molar-refractivity contribution in [2.45, 2.75) is 58.4 Å². The zero-order valence-electron chi connectivity index (χ0n) is 25.5. The monoisotopic (exact) mass is 678 g/mol. The van der Waals surface area contributed by atoms with Gasteiger partial charge in [0, 0.05) is 36.1 Å². The molecule has 11 nitrogen and oxygen atoms in total. The number of alkyl halides is 3. The number of sulfonamides is 1. The van der Waals surface area contributed by atoms with Gasteiger partial charge in [0.2, 0.25) is 21.9 Å². The number of fused-ring (bicyclic) bond motifs is 1. The summed E-state index contributed by atoms with van der Waals surface area (Å²) in [6, 6.07) is 9.68. The SMILES string of the molecule is Cc1cc(NS(=O)(=O)CC(F)(F)F)c2ccccc2c1Oc1ncsc1-c1ccnc(N[C@H]2CCCN(C(=O)OC(C)(C)C)C2)n1. The lowest BCUT2D eigenvalue weighted by molar-refractivity contribution is -0.106.